The molecule has 0 aliphatic heterocycles. The maximum atomic E-state index is 12.0. The number of hydrogen-bond acceptors (Lipinski definition) is 2. The number of hydrogen-bond donors (Lipinski definition) is 2. The molecule has 6 heteroatoms. The number of nitrogens with two attached hydrogens (primary N) is 1. The molecule has 0 saturated carbocycles. The molecule has 0 spiro atoms. The SMILES string of the molecule is Nc1[nH]ccc(=O)c1C(F)(F)F. The van der Waals surface area contributed by atoms with E-state index >= 15 is 0 Å². The van der Waals surface area contributed by atoms with Crippen LogP contribution in [0.2, 0.25) is 0 Å². The fourth-order valence-electron chi connectivity index (χ4n) is 0.788. The normalized spacial score (nSPS) is 11.6. The standard InChI is InChI=1S/C6H5F3N2O/c7-6(8,9)4-3(12)1-2-11-5(4)10/h1-2H,(H3,10,11,12). The molecule has 3 nitrogen and oxygen atoms in total. The third-order valence-corrected chi connectivity index (χ3v) is 1.27. The second kappa shape index (κ2) is 2.54. The molecule has 0 saturated heterocycles. The highest BCUT2D eigenvalue weighted by Crippen LogP contribution is 2.29. The molecule has 0 fully saturated rings. The van der Waals surface area contributed by atoms with Gasteiger partial charge in [-0.3, -0.25) is 4.79 Å². The zero-order valence-electron chi connectivity index (χ0n) is 5.77. The monoisotopic (exact) mass is 178 g/mol. The first kappa shape index (κ1) is 8.63. The number of aromatic amines is 1. The first-order chi connectivity index (χ1) is 5.43. The van der Waals surface area contributed by atoms with Crippen LogP contribution in [0.4, 0.5) is 19.0 Å². The molecule has 3 N–H and O–H groups in total. The maximum Gasteiger partial charge on any atom is 0.423 e. The van der Waals surface area contributed by atoms with Gasteiger partial charge in [0.2, 0.25) is 0 Å². The fourth-order valence-corrected chi connectivity index (χ4v) is 0.788. The van der Waals surface area contributed by atoms with E-state index in [1.165, 1.54) is 0 Å². The first-order valence-corrected chi connectivity index (χ1v) is 2.97. The van der Waals surface area contributed by atoms with E-state index in [0.29, 0.717) is 0 Å². The summed E-state index contributed by atoms with van der Waals surface area (Å²) in [5.41, 5.74) is 2.46. The van der Waals surface area contributed by atoms with Crippen molar-refractivity contribution in [2.75, 3.05) is 5.73 Å². The van der Waals surface area contributed by atoms with Crippen molar-refractivity contribution in [3.8, 4) is 0 Å². The Morgan fingerprint density at radius 2 is 2.00 bits per heavy atom. The predicted octanol–water partition coefficient (Wildman–Crippen LogP) is 0.976. The number of anilines is 1. The van der Waals surface area contributed by atoms with Gasteiger partial charge < -0.3 is 10.7 Å². The molecule has 0 amide bonds. The van der Waals surface area contributed by atoms with E-state index in [4.69, 9.17) is 5.73 Å². The number of alkyl halides is 3. The van der Waals surface area contributed by atoms with Crippen molar-refractivity contribution in [1.29, 1.82) is 0 Å². The highest BCUT2D eigenvalue weighted by Gasteiger charge is 2.36. The zero-order valence-corrected chi connectivity index (χ0v) is 5.77. The summed E-state index contributed by atoms with van der Waals surface area (Å²) < 4.78 is 36.0. The average molecular weight is 178 g/mol. The highest BCUT2D eigenvalue weighted by atomic mass is 19.4. The summed E-state index contributed by atoms with van der Waals surface area (Å²) in [5.74, 6) is -0.657. The van der Waals surface area contributed by atoms with Crippen LogP contribution >= 0.6 is 0 Å². The summed E-state index contributed by atoms with van der Waals surface area (Å²) in [5, 5.41) is 0. The van der Waals surface area contributed by atoms with Crippen LogP contribution in [0, 0.1) is 0 Å². The summed E-state index contributed by atoms with van der Waals surface area (Å²) in [6, 6.07) is 0.777. The van der Waals surface area contributed by atoms with E-state index < -0.39 is 23.0 Å². The van der Waals surface area contributed by atoms with Gasteiger partial charge in [-0.2, -0.15) is 13.2 Å². The van der Waals surface area contributed by atoms with E-state index in [1.807, 2.05) is 0 Å². The van der Waals surface area contributed by atoms with Crippen LogP contribution in [0.25, 0.3) is 0 Å². The lowest BCUT2D eigenvalue weighted by Crippen LogP contribution is -2.21. The molecule has 66 valence electrons. The lowest BCUT2D eigenvalue weighted by Gasteiger charge is -2.06. The van der Waals surface area contributed by atoms with Gasteiger partial charge >= 0.3 is 6.18 Å². The Morgan fingerprint density at radius 3 is 2.33 bits per heavy atom. The number of nitrogen functional groups attached to an aromatic ring is 1. The number of aromatic nitrogens is 1. The fraction of sp³-hybridized carbons (Fsp3) is 0.167. The minimum absolute atomic E-state index is 0.657. The molecule has 0 radical (unpaired) electrons. The molecule has 1 aromatic rings. The Bertz CT molecular complexity index is 341. The van der Waals surface area contributed by atoms with Crippen LogP contribution in [0.3, 0.4) is 0 Å². The Morgan fingerprint density at radius 1 is 1.42 bits per heavy atom. The second-order valence-electron chi connectivity index (χ2n) is 2.13. The lowest BCUT2D eigenvalue weighted by molar-refractivity contribution is -0.137. The number of pyridine rings is 1. The average Bonchev–Trinajstić information content (AvgIpc) is 1.82. The van der Waals surface area contributed by atoms with Crippen molar-refractivity contribution in [3.05, 3.63) is 28.0 Å². The molecule has 0 aromatic carbocycles. The van der Waals surface area contributed by atoms with Crippen molar-refractivity contribution < 1.29 is 13.2 Å². The molecule has 0 unspecified atom stereocenters. The van der Waals surface area contributed by atoms with Gasteiger partial charge in [0.05, 0.1) is 0 Å². The summed E-state index contributed by atoms with van der Waals surface area (Å²) in [6.45, 7) is 0. The zero-order chi connectivity index (χ0) is 9.35. The van der Waals surface area contributed by atoms with Crippen LogP contribution < -0.4 is 11.2 Å². The quantitative estimate of drug-likeness (QED) is 0.622. The molecule has 1 rings (SSSR count). The third-order valence-electron chi connectivity index (χ3n) is 1.27. The Labute approximate surface area is 65.0 Å². The molecular formula is C6H5F3N2O. The van der Waals surface area contributed by atoms with E-state index in [-0.39, 0.29) is 0 Å². The largest absolute Gasteiger partial charge is 0.423 e. The Kier molecular flexibility index (Phi) is 1.83. The van der Waals surface area contributed by atoms with E-state index in [9.17, 15) is 18.0 Å². The van der Waals surface area contributed by atoms with E-state index in [1.54, 1.807) is 0 Å². The molecular weight excluding hydrogens is 173 g/mol. The topological polar surface area (TPSA) is 58.9 Å². The van der Waals surface area contributed by atoms with E-state index in [0.717, 1.165) is 12.3 Å². The molecule has 12 heavy (non-hydrogen) atoms. The van der Waals surface area contributed by atoms with Crippen molar-refractivity contribution in [2.24, 2.45) is 0 Å². The lowest BCUT2D eigenvalue weighted by atomic mass is 10.2. The molecule has 0 aliphatic rings. The number of rotatable bonds is 0. The number of halogens is 3. The van der Waals surface area contributed by atoms with Gasteiger partial charge in [-0.1, -0.05) is 0 Å². The molecule has 0 bridgehead atoms. The summed E-state index contributed by atoms with van der Waals surface area (Å²) in [4.78, 5) is 12.8. The van der Waals surface area contributed by atoms with Gasteiger partial charge in [0.1, 0.15) is 11.4 Å². The van der Waals surface area contributed by atoms with Gasteiger partial charge in [-0.15, -0.1) is 0 Å². The van der Waals surface area contributed by atoms with Gasteiger partial charge in [0.25, 0.3) is 0 Å². The number of H-pyrrole nitrogens is 1. The van der Waals surface area contributed by atoms with Gasteiger partial charge in [0.15, 0.2) is 5.43 Å². The van der Waals surface area contributed by atoms with Gasteiger partial charge in [-0.05, 0) is 0 Å². The maximum absolute atomic E-state index is 12.0. The van der Waals surface area contributed by atoms with Crippen LogP contribution in [-0.4, -0.2) is 4.98 Å². The molecule has 1 aromatic heterocycles. The minimum atomic E-state index is -4.70. The highest BCUT2D eigenvalue weighted by molar-refractivity contribution is 5.40. The van der Waals surface area contributed by atoms with Crippen LogP contribution in [0.5, 0.6) is 0 Å². The second-order valence-corrected chi connectivity index (χ2v) is 2.13. The smallest absolute Gasteiger partial charge is 0.385 e. The van der Waals surface area contributed by atoms with Crippen LogP contribution in [0.1, 0.15) is 5.56 Å². The van der Waals surface area contributed by atoms with Crippen molar-refractivity contribution in [3.63, 3.8) is 0 Å². The van der Waals surface area contributed by atoms with Gasteiger partial charge in [0, 0.05) is 12.3 Å². The molecule has 0 atom stereocenters. The number of nitrogens with one attached hydrogen (secondary N) is 1. The Balaban J connectivity index is 3.42. The van der Waals surface area contributed by atoms with Gasteiger partial charge in [-0.25, -0.2) is 0 Å². The summed E-state index contributed by atoms with van der Waals surface area (Å²) in [7, 11) is 0. The third kappa shape index (κ3) is 1.41. The van der Waals surface area contributed by atoms with Crippen molar-refractivity contribution in [2.45, 2.75) is 6.18 Å². The summed E-state index contributed by atoms with van der Waals surface area (Å²) in [6.07, 6.45) is -3.63. The first-order valence-electron chi connectivity index (χ1n) is 2.97. The minimum Gasteiger partial charge on any atom is -0.385 e. The van der Waals surface area contributed by atoms with Crippen LogP contribution in [0.15, 0.2) is 17.1 Å². The predicted molar refractivity (Wildman–Crippen MR) is 36.5 cm³/mol. The summed E-state index contributed by atoms with van der Waals surface area (Å²) >= 11 is 0. The Hall–Kier alpha value is -1.46. The van der Waals surface area contributed by atoms with Crippen molar-refractivity contribution in [1.82, 2.24) is 4.98 Å². The van der Waals surface area contributed by atoms with Crippen LogP contribution in [-0.2, 0) is 6.18 Å². The molecule has 0 aliphatic carbocycles. The molecule has 1 heterocycles. The van der Waals surface area contributed by atoms with E-state index in [2.05, 4.69) is 4.98 Å². The van der Waals surface area contributed by atoms with Crippen molar-refractivity contribution >= 4 is 5.82 Å².